The van der Waals surface area contributed by atoms with Gasteiger partial charge in [-0.15, -0.1) is 0 Å². The Morgan fingerprint density at radius 1 is 0.292 bits per heavy atom. The second kappa shape index (κ2) is 11.8. The molecule has 0 aliphatic rings. The molecule has 0 saturated heterocycles. The zero-order chi connectivity index (χ0) is 31.9. The molecule has 0 aliphatic heterocycles. The van der Waals surface area contributed by atoms with Gasteiger partial charge in [-0.05, 0) is 98.8 Å². The van der Waals surface area contributed by atoms with Crippen molar-refractivity contribution in [1.82, 2.24) is 0 Å². The Balaban J connectivity index is 1.15. The van der Waals surface area contributed by atoms with E-state index in [1.807, 2.05) is 12.1 Å². The van der Waals surface area contributed by atoms with E-state index in [-0.39, 0.29) is 0 Å². The van der Waals surface area contributed by atoms with E-state index in [9.17, 15) is 0 Å². The van der Waals surface area contributed by atoms with Crippen LogP contribution in [0.2, 0.25) is 0 Å². The molecule has 1 aromatic heterocycles. The molecule has 2 nitrogen and oxygen atoms in total. The zero-order valence-electron chi connectivity index (χ0n) is 26.3. The lowest BCUT2D eigenvalue weighted by Crippen LogP contribution is -2.10. The topological polar surface area (TPSA) is 16.4 Å². The minimum absolute atomic E-state index is 0.873. The molecule has 226 valence electrons. The maximum Gasteiger partial charge on any atom is 0.137 e. The van der Waals surface area contributed by atoms with Crippen molar-refractivity contribution < 1.29 is 4.42 Å². The summed E-state index contributed by atoms with van der Waals surface area (Å²) in [6.45, 7) is 0. The minimum atomic E-state index is 0.873. The Hall–Kier alpha value is -6.38. The number of nitrogens with zero attached hydrogens (tertiary/aromatic N) is 1. The molecule has 9 rings (SSSR count). The Morgan fingerprint density at radius 3 is 1.71 bits per heavy atom. The van der Waals surface area contributed by atoms with Gasteiger partial charge >= 0.3 is 0 Å². The third-order valence-electron chi connectivity index (χ3n) is 9.24. The first-order valence-corrected chi connectivity index (χ1v) is 16.3. The lowest BCUT2D eigenvalue weighted by atomic mass is 9.98. The third-order valence-corrected chi connectivity index (χ3v) is 9.24. The first-order valence-electron chi connectivity index (χ1n) is 16.3. The highest BCUT2D eigenvalue weighted by Gasteiger charge is 2.17. The lowest BCUT2D eigenvalue weighted by Gasteiger charge is -2.26. The molecule has 0 amide bonds. The average Bonchev–Trinajstić information content (AvgIpc) is 3.54. The van der Waals surface area contributed by atoms with Gasteiger partial charge in [0, 0.05) is 33.9 Å². The highest BCUT2D eigenvalue weighted by atomic mass is 16.3. The largest absolute Gasteiger partial charge is 0.456 e. The Bertz CT molecular complexity index is 2560. The normalized spacial score (nSPS) is 11.3. The number of anilines is 3. The summed E-state index contributed by atoms with van der Waals surface area (Å²) in [5, 5.41) is 4.74. The predicted octanol–water partition coefficient (Wildman–Crippen LogP) is 13.2. The summed E-state index contributed by atoms with van der Waals surface area (Å²) >= 11 is 0. The van der Waals surface area contributed by atoms with Gasteiger partial charge in [-0.25, -0.2) is 0 Å². The van der Waals surface area contributed by atoms with Crippen LogP contribution in [0.4, 0.5) is 17.1 Å². The van der Waals surface area contributed by atoms with E-state index >= 15 is 0 Å². The fourth-order valence-corrected chi connectivity index (χ4v) is 6.81. The molecule has 0 spiro atoms. The van der Waals surface area contributed by atoms with Crippen molar-refractivity contribution in [3.8, 4) is 33.4 Å². The Kier molecular flexibility index (Phi) is 6.84. The molecule has 0 N–H and O–H groups in total. The fourth-order valence-electron chi connectivity index (χ4n) is 6.81. The Morgan fingerprint density at radius 2 is 0.854 bits per heavy atom. The van der Waals surface area contributed by atoms with E-state index in [0.29, 0.717) is 0 Å². The van der Waals surface area contributed by atoms with Gasteiger partial charge in [-0.1, -0.05) is 127 Å². The van der Waals surface area contributed by atoms with E-state index in [0.717, 1.165) is 44.6 Å². The summed E-state index contributed by atoms with van der Waals surface area (Å²) in [4.78, 5) is 2.32. The molecule has 1 heterocycles. The maximum absolute atomic E-state index is 6.35. The Labute approximate surface area is 279 Å². The summed E-state index contributed by atoms with van der Waals surface area (Å²) in [6.07, 6.45) is 0. The molecule has 0 atom stereocenters. The summed E-state index contributed by atoms with van der Waals surface area (Å²) in [5.41, 5.74) is 12.1. The molecule has 8 aromatic carbocycles. The van der Waals surface area contributed by atoms with Crippen LogP contribution in [-0.2, 0) is 0 Å². The second-order valence-corrected chi connectivity index (χ2v) is 12.2. The monoisotopic (exact) mass is 613 g/mol. The molecular weight excluding hydrogens is 583 g/mol. The fraction of sp³-hybridized carbons (Fsp3) is 0. The highest BCUT2D eigenvalue weighted by Crippen LogP contribution is 2.40. The van der Waals surface area contributed by atoms with Crippen molar-refractivity contribution >= 4 is 49.8 Å². The molecule has 0 aliphatic carbocycles. The van der Waals surface area contributed by atoms with Crippen LogP contribution in [0.5, 0.6) is 0 Å². The SMILES string of the molecule is c1ccc(-c2cccc(-c3cccc(N(c4ccc(-c5ccc6ccccc6c5)cc4)c4ccc5c(c4)oc4ccccc45)c3)c2)cc1. The minimum Gasteiger partial charge on any atom is -0.456 e. The smallest absolute Gasteiger partial charge is 0.137 e. The maximum atomic E-state index is 6.35. The molecule has 2 heteroatoms. The van der Waals surface area contributed by atoms with Gasteiger partial charge in [-0.3, -0.25) is 0 Å². The molecule has 0 fully saturated rings. The third kappa shape index (κ3) is 5.10. The quantitative estimate of drug-likeness (QED) is 0.185. The lowest BCUT2D eigenvalue weighted by molar-refractivity contribution is 0.669. The van der Waals surface area contributed by atoms with Crippen molar-refractivity contribution in [2.75, 3.05) is 4.90 Å². The van der Waals surface area contributed by atoms with Crippen LogP contribution < -0.4 is 4.90 Å². The van der Waals surface area contributed by atoms with Crippen molar-refractivity contribution in [3.63, 3.8) is 0 Å². The zero-order valence-corrected chi connectivity index (χ0v) is 26.3. The van der Waals surface area contributed by atoms with Gasteiger partial charge in [0.25, 0.3) is 0 Å². The number of hydrogen-bond acceptors (Lipinski definition) is 2. The van der Waals surface area contributed by atoms with E-state index < -0.39 is 0 Å². The first-order chi connectivity index (χ1) is 23.8. The van der Waals surface area contributed by atoms with Gasteiger partial charge in [0.15, 0.2) is 0 Å². The summed E-state index contributed by atoms with van der Waals surface area (Å²) in [5.74, 6) is 0. The van der Waals surface area contributed by atoms with Crippen molar-refractivity contribution in [1.29, 1.82) is 0 Å². The highest BCUT2D eigenvalue weighted by molar-refractivity contribution is 6.06. The number of rotatable bonds is 6. The summed E-state index contributed by atoms with van der Waals surface area (Å²) in [6, 6.07) is 67.0. The van der Waals surface area contributed by atoms with Gasteiger partial charge in [0.2, 0.25) is 0 Å². The number of fused-ring (bicyclic) bond motifs is 4. The molecular formula is C46H31NO. The molecule has 0 bridgehead atoms. The van der Waals surface area contributed by atoms with Gasteiger partial charge in [0.05, 0.1) is 0 Å². The van der Waals surface area contributed by atoms with E-state index in [2.05, 4.69) is 181 Å². The molecule has 9 aromatic rings. The number of hydrogen-bond donors (Lipinski definition) is 0. The van der Waals surface area contributed by atoms with Gasteiger partial charge < -0.3 is 9.32 Å². The van der Waals surface area contributed by atoms with Crippen LogP contribution in [0.1, 0.15) is 0 Å². The molecule has 0 saturated carbocycles. The summed E-state index contributed by atoms with van der Waals surface area (Å²) < 4.78 is 6.35. The number of benzene rings is 8. The van der Waals surface area contributed by atoms with E-state index in [1.54, 1.807) is 0 Å². The molecule has 0 radical (unpaired) electrons. The van der Waals surface area contributed by atoms with Crippen molar-refractivity contribution in [2.45, 2.75) is 0 Å². The standard InChI is InChI=1S/C46H31NO/c1-2-10-32(11-3-1)36-14-8-15-37(28-36)38-16-9-17-41(30-38)47(42-26-27-44-43-18-6-7-19-45(43)48-46(44)31-42)40-24-22-34(23-25-40)39-21-20-33-12-4-5-13-35(33)29-39/h1-31H. The summed E-state index contributed by atoms with van der Waals surface area (Å²) in [7, 11) is 0. The van der Waals surface area contributed by atoms with Crippen LogP contribution in [0, 0.1) is 0 Å². The number of para-hydroxylation sites is 1. The molecule has 48 heavy (non-hydrogen) atoms. The van der Waals surface area contributed by atoms with Gasteiger partial charge in [0.1, 0.15) is 11.2 Å². The second-order valence-electron chi connectivity index (χ2n) is 12.2. The number of furan rings is 1. The van der Waals surface area contributed by atoms with Crippen LogP contribution in [0.25, 0.3) is 66.1 Å². The van der Waals surface area contributed by atoms with Crippen molar-refractivity contribution in [3.05, 3.63) is 188 Å². The predicted molar refractivity (Wildman–Crippen MR) is 202 cm³/mol. The van der Waals surface area contributed by atoms with Crippen LogP contribution in [-0.4, -0.2) is 0 Å². The van der Waals surface area contributed by atoms with E-state index in [1.165, 1.54) is 38.6 Å². The van der Waals surface area contributed by atoms with Gasteiger partial charge in [-0.2, -0.15) is 0 Å². The first kappa shape index (κ1) is 27.9. The molecule has 0 unspecified atom stereocenters. The van der Waals surface area contributed by atoms with Crippen molar-refractivity contribution in [2.24, 2.45) is 0 Å². The average molecular weight is 614 g/mol. The van der Waals surface area contributed by atoms with Crippen LogP contribution in [0.3, 0.4) is 0 Å². The van der Waals surface area contributed by atoms with Crippen LogP contribution in [0.15, 0.2) is 192 Å². The van der Waals surface area contributed by atoms with Crippen LogP contribution >= 0.6 is 0 Å². The van der Waals surface area contributed by atoms with E-state index in [4.69, 9.17) is 4.42 Å².